The van der Waals surface area contributed by atoms with Gasteiger partial charge in [-0.1, -0.05) is 29.3 Å². The van der Waals surface area contributed by atoms with Crippen molar-refractivity contribution in [2.75, 3.05) is 7.05 Å². The van der Waals surface area contributed by atoms with Crippen LogP contribution in [0.3, 0.4) is 0 Å². The predicted octanol–water partition coefficient (Wildman–Crippen LogP) is 4.44. The quantitative estimate of drug-likeness (QED) is 0.884. The Balaban J connectivity index is 2.41. The Morgan fingerprint density at radius 3 is 2.24 bits per heavy atom. The van der Waals surface area contributed by atoms with E-state index in [2.05, 4.69) is 64.7 Å². The van der Waals surface area contributed by atoms with E-state index in [1.165, 1.54) is 21.6 Å². The van der Waals surface area contributed by atoms with Gasteiger partial charge in [-0.15, -0.1) is 11.3 Å². The highest BCUT2D eigenvalue weighted by Gasteiger charge is 2.14. The zero-order chi connectivity index (χ0) is 12.4. The highest BCUT2D eigenvalue weighted by atomic mass is 79.9. The smallest absolute Gasteiger partial charge is 0.0669 e. The molecule has 2 rings (SSSR count). The lowest BCUT2D eigenvalue weighted by Crippen LogP contribution is -2.16. The molecule has 3 heteroatoms. The third kappa shape index (κ3) is 2.97. The van der Waals surface area contributed by atoms with Crippen molar-refractivity contribution in [3.63, 3.8) is 0 Å². The Hall–Kier alpha value is -0.640. The highest BCUT2D eigenvalue weighted by molar-refractivity contribution is 9.10. The minimum absolute atomic E-state index is 0.282. The Labute approximate surface area is 115 Å². The Kier molecular flexibility index (Phi) is 4.02. The minimum atomic E-state index is 0.282. The normalized spacial score (nSPS) is 12.7. The van der Waals surface area contributed by atoms with Gasteiger partial charge in [0.2, 0.25) is 0 Å². The third-order valence-electron chi connectivity index (χ3n) is 2.74. The van der Waals surface area contributed by atoms with E-state index in [0.29, 0.717) is 0 Å². The summed E-state index contributed by atoms with van der Waals surface area (Å²) in [7, 11) is 2.01. The maximum absolute atomic E-state index is 3.51. The Morgan fingerprint density at radius 2 is 1.76 bits per heavy atom. The first kappa shape index (κ1) is 12.8. The molecule has 0 saturated heterocycles. The second-order valence-corrected chi connectivity index (χ2v) is 6.17. The second kappa shape index (κ2) is 5.34. The first-order valence-electron chi connectivity index (χ1n) is 5.59. The van der Waals surface area contributed by atoms with E-state index in [0.717, 1.165) is 4.47 Å². The van der Waals surface area contributed by atoms with Gasteiger partial charge in [-0.3, -0.25) is 0 Å². The maximum atomic E-state index is 3.51. The van der Waals surface area contributed by atoms with E-state index in [1.54, 1.807) is 11.3 Å². The number of halogens is 1. The number of rotatable bonds is 3. The molecule has 0 fully saturated rings. The molecule has 90 valence electrons. The average molecular weight is 310 g/mol. The molecule has 2 aromatic rings. The van der Waals surface area contributed by atoms with Crippen LogP contribution in [0.1, 0.15) is 27.6 Å². The summed E-state index contributed by atoms with van der Waals surface area (Å²) in [5, 5.41) is 5.52. The molecule has 0 aliphatic carbocycles. The molecule has 0 amide bonds. The number of hydrogen-bond donors (Lipinski definition) is 1. The molecule has 0 radical (unpaired) electrons. The molecule has 0 saturated carbocycles. The van der Waals surface area contributed by atoms with Gasteiger partial charge in [-0.25, -0.2) is 0 Å². The number of hydrogen-bond acceptors (Lipinski definition) is 2. The van der Waals surface area contributed by atoms with Gasteiger partial charge < -0.3 is 5.32 Å². The van der Waals surface area contributed by atoms with Crippen molar-refractivity contribution < 1.29 is 0 Å². The monoisotopic (exact) mass is 309 g/mol. The molecule has 1 aromatic carbocycles. The van der Waals surface area contributed by atoms with Crippen LogP contribution in [-0.2, 0) is 0 Å². The van der Waals surface area contributed by atoms with Crippen LogP contribution in [-0.4, -0.2) is 7.05 Å². The summed E-state index contributed by atoms with van der Waals surface area (Å²) in [4.78, 5) is 1.34. The highest BCUT2D eigenvalue weighted by Crippen LogP contribution is 2.30. The van der Waals surface area contributed by atoms with Gasteiger partial charge in [-0.05, 0) is 48.5 Å². The van der Waals surface area contributed by atoms with Crippen LogP contribution in [0.25, 0.3) is 0 Å². The van der Waals surface area contributed by atoms with E-state index >= 15 is 0 Å². The van der Waals surface area contributed by atoms with Gasteiger partial charge in [0.15, 0.2) is 0 Å². The molecule has 0 bridgehead atoms. The van der Waals surface area contributed by atoms with Crippen LogP contribution in [0.4, 0.5) is 0 Å². The molecule has 0 spiro atoms. The lowest BCUT2D eigenvalue weighted by atomic mass is 10.0. The molecule has 1 heterocycles. The summed E-state index contributed by atoms with van der Waals surface area (Å²) >= 11 is 5.29. The van der Waals surface area contributed by atoms with Crippen molar-refractivity contribution in [2.24, 2.45) is 0 Å². The van der Waals surface area contributed by atoms with E-state index in [4.69, 9.17) is 0 Å². The van der Waals surface area contributed by atoms with Crippen LogP contribution in [0.15, 0.2) is 34.1 Å². The van der Waals surface area contributed by atoms with Gasteiger partial charge in [0.1, 0.15) is 0 Å². The largest absolute Gasteiger partial charge is 0.309 e. The molecule has 1 unspecified atom stereocenters. The maximum Gasteiger partial charge on any atom is 0.0669 e. The van der Waals surface area contributed by atoms with Crippen LogP contribution < -0.4 is 5.32 Å². The predicted molar refractivity (Wildman–Crippen MR) is 78.8 cm³/mol. The van der Waals surface area contributed by atoms with E-state index in [9.17, 15) is 0 Å². The summed E-state index contributed by atoms with van der Waals surface area (Å²) < 4.78 is 1.15. The van der Waals surface area contributed by atoms with Crippen molar-refractivity contribution in [3.05, 3.63) is 55.7 Å². The molecule has 0 aliphatic rings. The van der Waals surface area contributed by atoms with Crippen LogP contribution in [0.2, 0.25) is 0 Å². The molecule has 1 atom stereocenters. The molecule has 0 aliphatic heterocycles. The van der Waals surface area contributed by atoms with Crippen molar-refractivity contribution in [1.82, 2.24) is 5.32 Å². The first-order valence-corrected chi connectivity index (χ1v) is 7.27. The second-order valence-electron chi connectivity index (χ2n) is 4.31. The topological polar surface area (TPSA) is 12.0 Å². The lowest BCUT2D eigenvalue weighted by molar-refractivity contribution is 0.702. The third-order valence-corrected chi connectivity index (χ3v) is 4.50. The van der Waals surface area contributed by atoms with Crippen molar-refractivity contribution in [2.45, 2.75) is 19.9 Å². The average Bonchev–Trinajstić information content (AvgIpc) is 2.64. The fraction of sp³-hybridized carbons (Fsp3) is 0.286. The number of nitrogens with one attached hydrogen (secondary N) is 1. The molecule has 1 nitrogen and oxygen atoms in total. The van der Waals surface area contributed by atoms with Gasteiger partial charge >= 0.3 is 0 Å². The fourth-order valence-electron chi connectivity index (χ4n) is 2.13. The summed E-state index contributed by atoms with van der Waals surface area (Å²) in [5.41, 5.74) is 3.96. The van der Waals surface area contributed by atoms with E-state index in [-0.39, 0.29) is 6.04 Å². The van der Waals surface area contributed by atoms with Crippen LogP contribution >= 0.6 is 27.3 Å². The van der Waals surface area contributed by atoms with Crippen molar-refractivity contribution in [1.29, 1.82) is 0 Å². The van der Waals surface area contributed by atoms with Crippen LogP contribution in [0.5, 0.6) is 0 Å². The van der Waals surface area contributed by atoms with Gasteiger partial charge in [0, 0.05) is 14.7 Å². The van der Waals surface area contributed by atoms with E-state index < -0.39 is 0 Å². The molecule has 17 heavy (non-hydrogen) atoms. The molecular weight excluding hydrogens is 294 g/mol. The Morgan fingerprint density at radius 1 is 1.12 bits per heavy atom. The number of aryl methyl sites for hydroxylation is 2. The van der Waals surface area contributed by atoms with Crippen molar-refractivity contribution >= 4 is 27.3 Å². The number of benzene rings is 1. The lowest BCUT2D eigenvalue weighted by Gasteiger charge is -2.16. The molecule has 1 aromatic heterocycles. The van der Waals surface area contributed by atoms with Gasteiger partial charge in [-0.2, -0.15) is 0 Å². The van der Waals surface area contributed by atoms with Gasteiger partial charge in [0.25, 0.3) is 0 Å². The molecular formula is C14H16BrNS. The Bertz CT molecular complexity index is 498. The molecule has 1 N–H and O–H groups in total. The fourth-order valence-corrected chi connectivity index (χ4v) is 3.71. The van der Waals surface area contributed by atoms with Gasteiger partial charge in [0.05, 0.1) is 6.04 Å². The summed E-state index contributed by atoms with van der Waals surface area (Å²) in [5.74, 6) is 0. The van der Waals surface area contributed by atoms with Crippen LogP contribution in [0, 0.1) is 13.8 Å². The van der Waals surface area contributed by atoms with Crippen molar-refractivity contribution in [3.8, 4) is 0 Å². The SMILES string of the molecule is CNC(c1cc(C)cc(C)c1)c1cc(Br)cs1. The summed E-state index contributed by atoms with van der Waals surface area (Å²) in [6.45, 7) is 4.29. The summed E-state index contributed by atoms with van der Waals surface area (Å²) in [6.07, 6.45) is 0. The first-order chi connectivity index (χ1) is 8.10. The van der Waals surface area contributed by atoms with E-state index in [1.807, 2.05) is 7.05 Å². The summed E-state index contributed by atoms with van der Waals surface area (Å²) in [6, 6.07) is 9.18. The minimum Gasteiger partial charge on any atom is -0.309 e. The zero-order valence-electron chi connectivity index (χ0n) is 10.3. The zero-order valence-corrected chi connectivity index (χ0v) is 12.7. The standard InChI is InChI=1S/C14H16BrNS/c1-9-4-10(2)6-11(5-9)14(16-3)13-7-12(15)8-17-13/h4-8,14,16H,1-3H3. The number of thiophene rings is 1.